The molecule has 0 radical (unpaired) electrons. The predicted octanol–water partition coefficient (Wildman–Crippen LogP) is 3.03. The fourth-order valence-electron chi connectivity index (χ4n) is 1.69. The lowest BCUT2D eigenvalue weighted by Gasteiger charge is -2.25. The summed E-state index contributed by atoms with van der Waals surface area (Å²) in [4.78, 5) is 0. The van der Waals surface area contributed by atoms with E-state index in [1.807, 2.05) is 6.92 Å². The minimum Gasteiger partial charge on any atom is -0.393 e. The zero-order valence-electron chi connectivity index (χ0n) is 10.2. The molecule has 0 aliphatic heterocycles. The second-order valence-electron chi connectivity index (χ2n) is 4.37. The summed E-state index contributed by atoms with van der Waals surface area (Å²) in [5.74, 6) is 0. The van der Waals surface area contributed by atoms with Crippen LogP contribution in [0.1, 0.15) is 58.8 Å². The normalized spacial score (nSPS) is 17.1. The molecule has 0 heterocycles. The molecule has 2 heteroatoms. The molecule has 0 spiro atoms. The van der Waals surface area contributed by atoms with Crippen molar-refractivity contribution in [2.45, 2.75) is 70.5 Å². The van der Waals surface area contributed by atoms with Crippen LogP contribution in [0.15, 0.2) is 12.7 Å². The third-order valence-corrected chi connectivity index (χ3v) is 2.97. The van der Waals surface area contributed by atoms with Gasteiger partial charge in [0.15, 0.2) is 0 Å². The van der Waals surface area contributed by atoms with Crippen molar-refractivity contribution in [1.82, 2.24) is 0 Å². The van der Waals surface area contributed by atoms with Gasteiger partial charge in [-0.1, -0.05) is 45.6 Å². The summed E-state index contributed by atoms with van der Waals surface area (Å²) in [6.07, 6.45) is 7.62. The van der Waals surface area contributed by atoms with Crippen LogP contribution in [0.4, 0.5) is 0 Å². The highest BCUT2D eigenvalue weighted by Gasteiger charge is 2.23. The molecule has 90 valence electrons. The summed E-state index contributed by atoms with van der Waals surface area (Å²) in [7, 11) is 0. The Balaban J connectivity index is 3.71. The van der Waals surface area contributed by atoms with Gasteiger partial charge in [0.2, 0.25) is 0 Å². The standard InChI is InChI=1S/C13H26O2/c1-4-7-8-9-10-12(14)11-13(15,5-2)6-3/h5,12,14-15H,2,4,6-11H2,1,3H3. The molecule has 0 saturated carbocycles. The van der Waals surface area contributed by atoms with Gasteiger partial charge in [-0.05, 0) is 12.8 Å². The first-order valence-electron chi connectivity index (χ1n) is 6.12. The number of unbranched alkanes of at least 4 members (excludes halogenated alkanes) is 3. The Hall–Kier alpha value is -0.340. The molecule has 2 atom stereocenters. The van der Waals surface area contributed by atoms with Gasteiger partial charge in [-0.2, -0.15) is 0 Å². The van der Waals surface area contributed by atoms with E-state index < -0.39 is 11.7 Å². The van der Waals surface area contributed by atoms with Gasteiger partial charge in [-0.3, -0.25) is 0 Å². The van der Waals surface area contributed by atoms with E-state index in [9.17, 15) is 10.2 Å². The maximum atomic E-state index is 9.92. The van der Waals surface area contributed by atoms with Crippen molar-refractivity contribution < 1.29 is 10.2 Å². The molecular weight excluding hydrogens is 188 g/mol. The maximum Gasteiger partial charge on any atom is 0.0847 e. The van der Waals surface area contributed by atoms with Gasteiger partial charge >= 0.3 is 0 Å². The second-order valence-corrected chi connectivity index (χ2v) is 4.37. The van der Waals surface area contributed by atoms with Crippen molar-refractivity contribution in [3.05, 3.63) is 12.7 Å². The molecule has 0 fully saturated rings. The average Bonchev–Trinajstić information content (AvgIpc) is 2.24. The fourth-order valence-corrected chi connectivity index (χ4v) is 1.69. The van der Waals surface area contributed by atoms with E-state index in [-0.39, 0.29) is 0 Å². The molecule has 0 saturated heterocycles. The van der Waals surface area contributed by atoms with E-state index in [4.69, 9.17) is 0 Å². The lowest BCUT2D eigenvalue weighted by atomic mass is 9.91. The molecule has 0 rings (SSSR count). The van der Waals surface area contributed by atoms with E-state index >= 15 is 0 Å². The van der Waals surface area contributed by atoms with Gasteiger partial charge in [0, 0.05) is 6.42 Å². The maximum absolute atomic E-state index is 9.92. The van der Waals surface area contributed by atoms with E-state index in [0.29, 0.717) is 12.8 Å². The van der Waals surface area contributed by atoms with Crippen LogP contribution < -0.4 is 0 Å². The largest absolute Gasteiger partial charge is 0.393 e. The van der Waals surface area contributed by atoms with E-state index in [2.05, 4.69) is 13.5 Å². The molecule has 0 aliphatic rings. The van der Waals surface area contributed by atoms with Crippen LogP contribution in [0, 0.1) is 0 Å². The summed E-state index contributed by atoms with van der Waals surface area (Å²) in [5.41, 5.74) is -0.885. The summed E-state index contributed by atoms with van der Waals surface area (Å²) in [6, 6.07) is 0. The first kappa shape index (κ1) is 14.7. The summed E-state index contributed by atoms with van der Waals surface area (Å²) < 4.78 is 0. The Morgan fingerprint density at radius 3 is 2.40 bits per heavy atom. The predicted molar refractivity (Wildman–Crippen MR) is 64.8 cm³/mol. The summed E-state index contributed by atoms with van der Waals surface area (Å²) in [5, 5.41) is 19.7. The Bertz CT molecular complexity index is 168. The number of rotatable bonds is 9. The molecule has 0 aromatic heterocycles. The minimum absolute atomic E-state index is 0.398. The van der Waals surface area contributed by atoms with Gasteiger partial charge in [-0.15, -0.1) is 6.58 Å². The zero-order chi connectivity index (χ0) is 11.7. The molecule has 0 amide bonds. The average molecular weight is 214 g/mol. The Morgan fingerprint density at radius 2 is 1.93 bits per heavy atom. The van der Waals surface area contributed by atoms with Crippen LogP contribution in [-0.4, -0.2) is 21.9 Å². The molecule has 0 aromatic rings. The Kier molecular flexibility index (Phi) is 7.71. The number of hydrogen-bond donors (Lipinski definition) is 2. The van der Waals surface area contributed by atoms with Crippen LogP contribution in [0.25, 0.3) is 0 Å². The van der Waals surface area contributed by atoms with Crippen LogP contribution in [-0.2, 0) is 0 Å². The lowest BCUT2D eigenvalue weighted by molar-refractivity contribution is 0.0204. The summed E-state index contributed by atoms with van der Waals surface area (Å²) in [6.45, 7) is 7.68. The highest BCUT2D eigenvalue weighted by atomic mass is 16.3. The second kappa shape index (κ2) is 7.89. The topological polar surface area (TPSA) is 40.5 Å². The van der Waals surface area contributed by atoms with E-state index in [1.54, 1.807) is 6.08 Å². The zero-order valence-corrected chi connectivity index (χ0v) is 10.2. The van der Waals surface area contributed by atoms with Crippen molar-refractivity contribution in [3.63, 3.8) is 0 Å². The first-order valence-corrected chi connectivity index (χ1v) is 6.12. The molecule has 0 bridgehead atoms. The Labute approximate surface area is 94.0 Å². The highest BCUT2D eigenvalue weighted by Crippen LogP contribution is 2.21. The molecule has 2 N–H and O–H groups in total. The van der Waals surface area contributed by atoms with E-state index in [1.165, 1.54) is 19.3 Å². The van der Waals surface area contributed by atoms with Crippen LogP contribution in [0.2, 0.25) is 0 Å². The molecule has 0 aliphatic carbocycles. The highest BCUT2D eigenvalue weighted by molar-refractivity contribution is 4.95. The summed E-state index contributed by atoms with van der Waals surface area (Å²) >= 11 is 0. The molecule has 0 aromatic carbocycles. The van der Waals surface area contributed by atoms with E-state index in [0.717, 1.165) is 12.8 Å². The third kappa shape index (κ3) is 6.69. The fraction of sp³-hybridized carbons (Fsp3) is 0.846. The van der Waals surface area contributed by atoms with Crippen molar-refractivity contribution >= 4 is 0 Å². The Morgan fingerprint density at radius 1 is 1.27 bits per heavy atom. The third-order valence-electron chi connectivity index (χ3n) is 2.97. The van der Waals surface area contributed by atoms with Crippen molar-refractivity contribution in [2.24, 2.45) is 0 Å². The number of hydrogen-bond acceptors (Lipinski definition) is 2. The van der Waals surface area contributed by atoms with Crippen LogP contribution in [0.3, 0.4) is 0 Å². The molecule has 2 unspecified atom stereocenters. The van der Waals surface area contributed by atoms with Crippen LogP contribution >= 0.6 is 0 Å². The SMILES string of the molecule is C=CC(O)(CC)CC(O)CCCCCC. The minimum atomic E-state index is -0.885. The first-order chi connectivity index (χ1) is 7.08. The number of aliphatic hydroxyl groups is 2. The van der Waals surface area contributed by atoms with Gasteiger partial charge in [0.05, 0.1) is 11.7 Å². The van der Waals surface area contributed by atoms with Gasteiger partial charge in [-0.25, -0.2) is 0 Å². The van der Waals surface area contributed by atoms with Crippen molar-refractivity contribution in [2.75, 3.05) is 0 Å². The lowest BCUT2D eigenvalue weighted by Crippen LogP contribution is -2.30. The van der Waals surface area contributed by atoms with Gasteiger partial charge in [0.1, 0.15) is 0 Å². The molecule has 15 heavy (non-hydrogen) atoms. The number of aliphatic hydroxyl groups excluding tert-OH is 1. The van der Waals surface area contributed by atoms with Crippen LogP contribution in [0.5, 0.6) is 0 Å². The molecular formula is C13H26O2. The smallest absolute Gasteiger partial charge is 0.0847 e. The van der Waals surface area contributed by atoms with Crippen molar-refractivity contribution in [3.8, 4) is 0 Å². The van der Waals surface area contributed by atoms with Crippen molar-refractivity contribution in [1.29, 1.82) is 0 Å². The monoisotopic (exact) mass is 214 g/mol. The van der Waals surface area contributed by atoms with Gasteiger partial charge in [0.25, 0.3) is 0 Å². The molecule has 2 nitrogen and oxygen atoms in total. The van der Waals surface area contributed by atoms with Gasteiger partial charge < -0.3 is 10.2 Å². The quantitative estimate of drug-likeness (QED) is 0.457.